The highest BCUT2D eigenvalue weighted by Gasteiger charge is 2.37. The predicted octanol–water partition coefficient (Wildman–Crippen LogP) is 3.36. The molecule has 0 aliphatic carbocycles. The Hall–Kier alpha value is -4.45. The number of nitrogens with one attached hydrogen (secondary N) is 1. The molecule has 3 rings (SSSR count). The van der Waals surface area contributed by atoms with E-state index >= 15 is 0 Å². The summed E-state index contributed by atoms with van der Waals surface area (Å²) in [6, 6.07) is 15.7. The zero-order valence-electron chi connectivity index (χ0n) is 19.1. The number of hydrogen-bond acceptors (Lipinski definition) is 8. The first kappa shape index (κ1) is 24.2. The lowest BCUT2D eigenvalue weighted by atomic mass is 9.82. The van der Waals surface area contributed by atoms with Gasteiger partial charge in [-0.3, -0.25) is 4.79 Å². The number of para-hydroxylation sites is 1. The molecule has 9 nitrogen and oxygen atoms in total. The van der Waals surface area contributed by atoms with Crippen LogP contribution < -0.4 is 20.5 Å². The van der Waals surface area contributed by atoms with Crippen molar-refractivity contribution in [3.63, 3.8) is 0 Å². The van der Waals surface area contributed by atoms with Crippen LogP contribution in [0.2, 0.25) is 0 Å². The molecule has 1 unspecified atom stereocenters. The van der Waals surface area contributed by atoms with Crippen LogP contribution in [0.1, 0.15) is 25.3 Å². The van der Waals surface area contributed by atoms with E-state index in [1.807, 2.05) is 6.07 Å². The van der Waals surface area contributed by atoms with Crippen molar-refractivity contribution in [1.82, 2.24) is 0 Å². The molecule has 34 heavy (non-hydrogen) atoms. The summed E-state index contributed by atoms with van der Waals surface area (Å²) in [5.74, 6) is -0.876. The highest BCUT2D eigenvalue weighted by Crippen LogP contribution is 2.42. The first-order chi connectivity index (χ1) is 16.4. The van der Waals surface area contributed by atoms with Gasteiger partial charge in [-0.15, -0.1) is 0 Å². The van der Waals surface area contributed by atoms with E-state index in [2.05, 4.69) is 5.32 Å². The minimum atomic E-state index is -0.879. The van der Waals surface area contributed by atoms with Gasteiger partial charge in [-0.2, -0.15) is 5.26 Å². The molecular weight excluding hydrogens is 438 g/mol. The number of hydrogen-bond donors (Lipinski definition) is 2. The molecule has 9 heteroatoms. The van der Waals surface area contributed by atoms with Gasteiger partial charge in [0.1, 0.15) is 28.9 Å². The van der Waals surface area contributed by atoms with E-state index in [1.54, 1.807) is 62.4 Å². The average molecular weight is 463 g/mol. The smallest absolute Gasteiger partial charge is 0.338 e. The molecule has 1 heterocycles. The SMILES string of the molecule is CCOC(=O)C1=C(C)OC(N)=C(C#N)C1c1ccccc1OCC(=O)Nc1cccc(OC)c1. The molecule has 1 aliphatic rings. The van der Waals surface area contributed by atoms with Crippen molar-refractivity contribution >= 4 is 17.6 Å². The molecule has 176 valence electrons. The number of benzene rings is 2. The number of nitrogens with zero attached hydrogens (tertiary/aromatic N) is 1. The summed E-state index contributed by atoms with van der Waals surface area (Å²) in [4.78, 5) is 25.2. The predicted molar refractivity (Wildman–Crippen MR) is 124 cm³/mol. The molecule has 0 radical (unpaired) electrons. The van der Waals surface area contributed by atoms with Crippen LogP contribution in [-0.4, -0.2) is 32.2 Å². The highest BCUT2D eigenvalue weighted by molar-refractivity contribution is 5.93. The van der Waals surface area contributed by atoms with Crippen LogP contribution in [0.15, 0.2) is 71.3 Å². The van der Waals surface area contributed by atoms with Crippen molar-refractivity contribution in [3.8, 4) is 17.6 Å². The van der Waals surface area contributed by atoms with Crippen molar-refractivity contribution in [2.75, 3.05) is 25.6 Å². The lowest BCUT2D eigenvalue weighted by Gasteiger charge is -2.28. The Balaban J connectivity index is 1.88. The first-order valence-corrected chi connectivity index (χ1v) is 10.5. The molecule has 0 aromatic heterocycles. The maximum atomic E-state index is 12.7. The molecule has 0 bridgehead atoms. The van der Waals surface area contributed by atoms with Gasteiger partial charge in [-0.1, -0.05) is 24.3 Å². The fraction of sp³-hybridized carbons (Fsp3) is 0.240. The Morgan fingerprint density at radius 1 is 1.21 bits per heavy atom. The van der Waals surface area contributed by atoms with E-state index in [0.29, 0.717) is 22.7 Å². The topological polar surface area (TPSA) is 133 Å². The standard InChI is InChI=1S/C25H25N3O6/c1-4-32-25(30)22-15(2)34-24(27)19(13-26)23(22)18-10-5-6-11-20(18)33-14-21(29)28-16-8-7-9-17(12-16)31-3/h5-12,23H,4,14,27H2,1-3H3,(H,28,29). The molecule has 1 atom stereocenters. The number of amides is 1. The van der Waals surface area contributed by atoms with Crippen LogP contribution >= 0.6 is 0 Å². The van der Waals surface area contributed by atoms with Gasteiger partial charge in [0.05, 0.1) is 25.2 Å². The monoisotopic (exact) mass is 463 g/mol. The van der Waals surface area contributed by atoms with E-state index in [-0.39, 0.29) is 36.0 Å². The van der Waals surface area contributed by atoms with Gasteiger partial charge in [0.2, 0.25) is 5.88 Å². The normalized spacial score (nSPS) is 15.2. The Morgan fingerprint density at radius 3 is 2.68 bits per heavy atom. The minimum absolute atomic E-state index is 0.0468. The molecule has 2 aromatic carbocycles. The zero-order chi connectivity index (χ0) is 24.7. The number of anilines is 1. The zero-order valence-corrected chi connectivity index (χ0v) is 19.1. The molecule has 0 spiro atoms. The number of ether oxygens (including phenoxy) is 4. The lowest BCUT2D eigenvalue weighted by Crippen LogP contribution is -2.26. The van der Waals surface area contributed by atoms with Gasteiger partial charge >= 0.3 is 5.97 Å². The van der Waals surface area contributed by atoms with Gasteiger partial charge in [0.25, 0.3) is 5.91 Å². The molecule has 1 amide bonds. The van der Waals surface area contributed by atoms with E-state index in [1.165, 1.54) is 7.11 Å². The summed E-state index contributed by atoms with van der Waals surface area (Å²) in [5.41, 5.74) is 7.18. The lowest BCUT2D eigenvalue weighted by molar-refractivity contribution is -0.139. The van der Waals surface area contributed by atoms with Crippen molar-refractivity contribution in [2.24, 2.45) is 5.73 Å². The van der Waals surface area contributed by atoms with Crippen molar-refractivity contribution in [1.29, 1.82) is 5.26 Å². The van der Waals surface area contributed by atoms with Crippen LogP contribution in [0.25, 0.3) is 0 Å². The van der Waals surface area contributed by atoms with Gasteiger partial charge < -0.3 is 30.0 Å². The fourth-order valence-electron chi connectivity index (χ4n) is 3.56. The van der Waals surface area contributed by atoms with Gasteiger partial charge in [0, 0.05) is 17.3 Å². The first-order valence-electron chi connectivity index (χ1n) is 10.5. The van der Waals surface area contributed by atoms with E-state index in [4.69, 9.17) is 24.7 Å². The Morgan fingerprint density at radius 2 is 1.97 bits per heavy atom. The fourth-order valence-corrected chi connectivity index (χ4v) is 3.56. The molecule has 0 saturated carbocycles. The number of nitriles is 1. The van der Waals surface area contributed by atoms with Crippen LogP contribution in [0.5, 0.6) is 11.5 Å². The van der Waals surface area contributed by atoms with Crippen LogP contribution in [0, 0.1) is 11.3 Å². The second kappa shape index (κ2) is 10.9. The molecular formula is C25H25N3O6. The maximum Gasteiger partial charge on any atom is 0.338 e. The molecule has 3 N–H and O–H groups in total. The van der Waals surface area contributed by atoms with Gasteiger partial charge in [-0.05, 0) is 32.0 Å². The number of carbonyl (C=O) groups excluding carboxylic acids is 2. The third kappa shape index (κ3) is 5.30. The molecule has 1 aliphatic heterocycles. The summed E-state index contributed by atoms with van der Waals surface area (Å²) in [7, 11) is 1.54. The Kier molecular flexibility index (Phi) is 7.77. The maximum absolute atomic E-state index is 12.7. The van der Waals surface area contributed by atoms with E-state index in [0.717, 1.165) is 0 Å². The summed E-state index contributed by atoms with van der Waals surface area (Å²) in [5, 5.41) is 12.5. The quantitative estimate of drug-likeness (QED) is 0.570. The Labute approximate surface area is 197 Å². The second-order valence-corrected chi connectivity index (χ2v) is 7.22. The highest BCUT2D eigenvalue weighted by atomic mass is 16.5. The van der Waals surface area contributed by atoms with E-state index in [9.17, 15) is 14.9 Å². The van der Waals surface area contributed by atoms with Crippen molar-refractivity contribution in [3.05, 3.63) is 76.9 Å². The molecule has 0 fully saturated rings. The Bertz CT molecular complexity index is 1200. The largest absolute Gasteiger partial charge is 0.497 e. The summed E-state index contributed by atoms with van der Waals surface area (Å²) in [6.07, 6.45) is 0. The number of methoxy groups -OCH3 is 1. The number of nitrogens with two attached hydrogens (primary N) is 1. The molecule has 0 saturated heterocycles. The van der Waals surface area contributed by atoms with Crippen molar-refractivity contribution in [2.45, 2.75) is 19.8 Å². The van der Waals surface area contributed by atoms with Crippen molar-refractivity contribution < 1.29 is 28.5 Å². The second-order valence-electron chi connectivity index (χ2n) is 7.22. The average Bonchev–Trinajstić information content (AvgIpc) is 2.82. The number of esters is 1. The summed E-state index contributed by atoms with van der Waals surface area (Å²) in [6.45, 7) is 3.09. The number of rotatable bonds is 8. The number of allylic oxidation sites excluding steroid dienone is 2. The van der Waals surface area contributed by atoms with Gasteiger partial charge in [0.15, 0.2) is 6.61 Å². The number of carbonyl (C=O) groups is 2. The van der Waals surface area contributed by atoms with Gasteiger partial charge in [-0.25, -0.2) is 4.79 Å². The summed E-state index contributed by atoms with van der Waals surface area (Å²) >= 11 is 0. The third-order valence-electron chi connectivity index (χ3n) is 5.04. The van der Waals surface area contributed by atoms with Crippen LogP contribution in [0.3, 0.4) is 0 Å². The van der Waals surface area contributed by atoms with Crippen LogP contribution in [0.4, 0.5) is 5.69 Å². The molecule has 2 aromatic rings. The minimum Gasteiger partial charge on any atom is -0.497 e. The third-order valence-corrected chi connectivity index (χ3v) is 5.04. The summed E-state index contributed by atoms with van der Waals surface area (Å²) < 4.78 is 21.6. The van der Waals surface area contributed by atoms with Crippen LogP contribution in [-0.2, 0) is 19.1 Å². The van der Waals surface area contributed by atoms with E-state index < -0.39 is 17.8 Å².